The van der Waals surface area contributed by atoms with Gasteiger partial charge >= 0.3 is 0 Å². The fourth-order valence-corrected chi connectivity index (χ4v) is 2.21. The van der Waals surface area contributed by atoms with Crippen molar-refractivity contribution in [1.82, 2.24) is 14.8 Å². The lowest BCUT2D eigenvalue weighted by Gasteiger charge is -2.30. The van der Waals surface area contributed by atoms with E-state index < -0.39 is 0 Å². The standard InChI is InChI=1S/C13H14N4O/c1-9-12(18)11-8-14-16(2)13(17(11)15-9)10-6-4-3-5-7-10/h3-8,13,18H,1-2H3. The van der Waals surface area contributed by atoms with E-state index >= 15 is 0 Å². The van der Waals surface area contributed by atoms with Gasteiger partial charge < -0.3 is 5.11 Å². The molecule has 2 heterocycles. The molecule has 1 aromatic carbocycles. The van der Waals surface area contributed by atoms with Gasteiger partial charge in [0.25, 0.3) is 0 Å². The molecule has 3 rings (SSSR count). The molecule has 1 aromatic heterocycles. The Kier molecular flexibility index (Phi) is 2.33. The number of hydrogen-bond acceptors (Lipinski definition) is 4. The maximum Gasteiger partial charge on any atom is 0.165 e. The molecule has 92 valence electrons. The van der Waals surface area contributed by atoms with E-state index in [9.17, 15) is 5.11 Å². The van der Waals surface area contributed by atoms with Crippen molar-refractivity contribution in [3.63, 3.8) is 0 Å². The molecule has 5 nitrogen and oxygen atoms in total. The van der Waals surface area contributed by atoms with Crippen molar-refractivity contribution in [2.24, 2.45) is 5.10 Å². The van der Waals surface area contributed by atoms with Crippen molar-refractivity contribution in [3.05, 3.63) is 47.3 Å². The summed E-state index contributed by atoms with van der Waals surface area (Å²) >= 11 is 0. The maximum atomic E-state index is 9.94. The van der Waals surface area contributed by atoms with Crippen LogP contribution in [0.15, 0.2) is 35.4 Å². The highest BCUT2D eigenvalue weighted by atomic mass is 16.3. The van der Waals surface area contributed by atoms with Crippen molar-refractivity contribution >= 4 is 6.21 Å². The molecule has 2 aromatic rings. The molecule has 18 heavy (non-hydrogen) atoms. The zero-order chi connectivity index (χ0) is 12.7. The molecule has 1 N–H and O–H groups in total. The maximum absolute atomic E-state index is 9.94. The first-order valence-electron chi connectivity index (χ1n) is 5.78. The minimum Gasteiger partial charge on any atom is -0.504 e. The van der Waals surface area contributed by atoms with Crippen LogP contribution in [0.4, 0.5) is 0 Å². The first-order valence-corrected chi connectivity index (χ1v) is 5.78. The highest BCUT2D eigenvalue weighted by Gasteiger charge is 2.27. The molecule has 1 unspecified atom stereocenters. The molecule has 0 bridgehead atoms. The summed E-state index contributed by atoms with van der Waals surface area (Å²) < 4.78 is 1.80. The van der Waals surface area contributed by atoms with Gasteiger partial charge in [0.1, 0.15) is 11.4 Å². The molecule has 0 fully saturated rings. The number of aromatic hydroxyl groups is 1. The smallest absolute Gasteiger partial charge is 0.165 e. The Labute approximate surface area is 105 Å². The number of nitrogens with zero attached hydrogens (tertiary/aromatic N) is 4. The van der Waals surface area contributed by atoms with Gasteiger partial charge in [0.2, 0.25) is 0 Å². The van der Waals surface area contributed by atoms with Gasteiger partial charge in [0.05, 0.1) is 6.21 Å². The second kappa shape index (κ2) is 3.87. The normalized spacial score (nSPS) is 17.9. The molecular weight excluding hydrogens is 228 g/mol. The van der Waals surface area contributed by atoms with Crippen LogP contribution in [-0.4, -0.2) is 33.2 Å². The molecule has 1 aliphatic heterocycles. The first-order chi connectivity index (χ1) is 8.68. The Morgan fingerprint density at radius 3 is 2.67 bits per heavy atom. The van der Waals surface area contributed by atoms with Gasteiger partial charge in [0, 0.05) is 7.05 Å². The van der Waals surface area contributed by atoms with Gasteiger partial charge in [-0.25, -0.2) is 4.68 Å². The van der Waals surface area contributed by atoms with E-state index in [1.807, 2.05) is 42.4 Å². The quantitative estimate of drug-likeness (QED) is 0.828. The van der Waals surface area contributed by atoms with Crippen molar-refractivity contribution in [1.29, 1.82) is 0 Å². The van der Waals surface area contributed by atoms with Gasteiger partial charge in [-0.15, -0.1) is 0 Å². The van der Waals surface area contributed by atoms with E-state index in [1.165, 1.54) is 0 Å². The second-order valence-corrected chi connectivity index (χ2v) is 4.37. The fraction of sp³-hybridized carbons (Fsp3) is 0.231. The van der Waals surface area contributed by atoms with Crippen molar-refractivity contribution in [2.75, 3.05) is 7.05 Å². The van der Waals surface area contributed by atoms with Crippen LogP contribution >= 0.6 is 0 Å². The predicted molar refractivity (Wildman–Crippen MR) is 68.6 cm³/mol. The highest BCUT2D eigenvalue weighted by Crippen LogP contribution is 2.30. The largest absolute Gasteiger partial charge is 0.504 e. The molecule has 0 saturated carbocycles. The first kappa shape index (κ1) is 10.8. The molecule has 5 heteroatoms. The Morgan fingerprint density at radius 1 is 1.22 bits per heavy atom. The minimum absolute atomic E-state index is 0.120. The third-order valence-electron chi connectivity index (χ3n) is 3.14. The molecule has 1 atom stereocenters. The lowest BCUT2D eigenvalue weighted by Crippen LogP contribution is -2.31. The van der Waals surface area contributed by atoms with E-state index in [-0.39, 0.29) is 11.9 Å². The summed E-state index contributed by atoms with van der Waals surface area (Å²) in [4.78, 5) is 0. The van der Waals surface area contributed by atoms with Crippen molar-refractivity contribution in [2.45, 2.75) is 13.1 Å². The Balaban J connectivity index is 2.16. The predicted octanol–water partition coefficient (Wildman–Crippen LogP) is 1.72. The molecule has 0 radical (unpaired) electrons. The molecule has 1 aliphatic rings. The zero-order valence-corrected chi connectivity index (χ0v) is 10.3. The van der Waals surface area contributed by atoms with Crippen LogP contribution in [0, 0.1) is 6.92 Å². The van der Waals surface area contributed by atoms with Crippen LogP contribution in [0.25, 0.3) is 0 Å². The van der Waals surface area contributed by atoms with Gasteiger partial charge in [-0.2, -0.15) is 10.2 Å². The van der Waals surface area contributed by atoms with E-state index in [0.29, 0.717) is 11.4 Å². The lowest BCUT2D eigenvalue weighted by atomic mass is 10.1. The Bertz CT molecular complexity index is 603. The van der Waals surface area contributed by atoms with Crippen LogP contribution in [0.5, 0.6) is 5.75 Å². The SMILES string of the molecule is Cc1nn2c(c1O)C=NN(C)C2c1ccccc1. The molecule has 0 spiro atoms. The number of benzene rings is 1. The minimum atomic E-state index is -0.120. The Morgan fingerprint density at radius 2 is 1.94 bits per heavy atom. The lowest BCUT2D eigenvalue weighted by molar-refractivity contribution is 0.199. The number of hydrogen-bond donors (Lipinski definition) is 1. The number of rotatable bonds is 1. The number of aryl methyl sites for hydroxylation is 1. The Hall–Kier alpha value is -2.30. The highest BCUT2D eigenvalue weighted by molar-refractivity contribution is 5.82. The topological polar surface area (TPSA) is 53.6 Å². The zero-order valence-electron chi connectivity index (χ0n) is 10.3. The van der Waals surface area contributed by atoms with Crippen LogP contribution in [0.3, 0.4) is 0 Å². The van der Waals surface area contributed by atoms with Gasteiger partial charge in [-0.3, -0.25) is 5.01 Å². The van der Waals surface area contributed by atoms with E-state index in [4.69, 9.17) is 0 Å². The van der Waals surface area contributed by atoms with Crippen LogP contribution < -0.4 is 0 Å². The summed E-state index contributed by atoms with van der Waals surface area (Å²) in [7, 11) is 1.89. The number of aromatic nitrogens is 2. The molecule has 0 aliphatic carbocycles. The monoisotopic (exact) mass is 242 g/mol. The van der Waals surface area contributed by atoms with Crippen molar-refractivity contribution < 1.29 is 5.11 Å². The van der Waals surface area contributed by atoms with Gasteiger partial charge in [0.15, 0.2) is 11.9 Å². The van der Waals surface area contributed by atoms with Crippen molar-refractivity contribution in [3.8, 4) is 5.75 Å². The third-order valence-corrected chi connectivity index (χ3v) is 3.14. The summed E-state index contributed by atoms with van der Waals surface area (Å²) in [5, 5.41) is 20.5. The number of fused-ring (bicyclic) bond motifs is 1. The molecule has 0 amide bonds. The van der Waals surface area contributed by atoms with Crippen LogP contribution in [0.2, 0.25) is 0 Å². The van der Waals surface area contributed by atoms with E-state index in [2.05, 4.69) is 10.2 Å². The van der Waals surface area contributed by atoms with E-state index in [1.54, 1.807) is 17.8 Å². The average molecular weight is 242 g/mol. The molecular formula is C13H14N4O. The number of hydrazone groups is 1. The summed E-state index contributed by atoms with van der Waals surface area (Å²) in [6, 6.07) is 10.00. The third kappa shape index (κ3) is 1.48. The van der Waals surface area contributed by atoms with Gasteiger partial charge in [-0.05, 0) is 12.5 Å². The average Bonchev–Trinajstić information content (AvgIpc) is 2.66. The summed E-state index contributed by atoms with van der Waals surface area (Å²) in [6.07, 6.45) is 1.51. The second-order valence-electron chi connectivity index (χ2n) is 4.37. The summed E-state index contributed by atoms with van der Waals surface area (Å²) in [5.41, 5.74) is 2.35. The summed E-state index contributed by atoms with van der Waals surface area (Å²) in [6.45, 7) is 1.79. The summed E-state index contributed by atoms with van der Waals surface area (Å²) in [5.74, 6) is 0.202. The van der Waals surface area contributed by atoms with Crippen LogP contribution in [-0.2, 0) is 0 Å². The van der Waals surface area contributed by atoms with Gasteiger partial charge in [-0.1, -0.05) is 30.3 Å². The molecule has 0 saturated heterocycles. The van der Waals surface area contributed by atoms with E-state index in [0.717, 1.165) is 5.56 Å². The fourth-order valence-electron chi connectivity index (χ4n) is 2.21. The van der Waals surface area contributed by atoms with Crippen LogP contribution in [0.1, 0.15) is 23.1 Å².